The zero-order valence-electron chi connectivity index (χ0n) is 6.92. The molecule has 0 spiro atoms. The van der Waals surface area contributed by atoms with Crippen molar-refractivity contribution in [2.75, 3.05) is 0 Å². The number of aromatic nitrogens is 4. The van der Waals surface area contributed by atoms with E-state index in [1.165, 1.54) is 6.33 Å². The van der Waals surface area contributed by atoms with E-state index in [-0.39, 0.29) is 0 Å². The Labute approximate surface area is 88.2 Å². The highest BCUT2D eigenvalue weighted by Gasteiger charge is 2.01. The van der Waals surface area contributed by atoms with Gasteiger partial charge in [0.25, 0.3) is 0 Å². The Hall–Kier alpha value is -1.74. The largest absolute Gasteiger partial charge is 0.225 e. The average Bonchev–Trinajstić information content (AvgIpc) is 2.65. The molecule has 5 nitrogen and oxygen atoms in total. The minimum absolute atomic E-state index is 0.321. The van der Waals surface area contributed by atoms with Crippen LogP contribution in [0.1, 0.15) is 5.69 Å². The van der Waals surface area contributed by atoms with Gasteiger partial charge in [-0.1, -0.05) is 0 Å². The average molecular weight is 250 g/mol. The molecule has 0 bridgehead atoms. The van der Waals surface area contributed by atoms with Crippen molar-refractivity contribution >= 4 is 15.9 Å². The fourth-order valence-electron chi connectivity index (χ4n) is 0.963. The quantitative estimate of drug-likeness (QED) is 0.764. The van der Waals surface area contributed by atoms with Crippen molar-refractivity contribution in [3.63, 3.8) is 0 Å². The summed E-state index contributed by atoms with van der Waals surface area (Å²) < 4.78 is 2.28. The van der Waals surface area contributed by atoms with Gasteiger partial charge in [-0.15, -0.1) is 0 Å². The third-order valence-corrected chi connectivity index (χ3v) is 1.98. The Morgan fingerprint density at radius 2 is 2.29 bits per heavy atom. The van der Waals surface area contributed by atoms with Crippen molar-refractivity contribution in [2.45, 2.75) is 0 Å². The summed E-state index contributed by atoms with van der Waals surface area (Å²) in [6.07, 6.45) is 3.08. The van der Waals surface area contributed by atoms with Gasteiger partial charge in [0, 0.05) is 12.3 Å². The van der Waals surface area contributed by atoms with Crippen molar-refractivity contribution in [1.82, 2.24) is 19.7 Å². The lowest BCUT2D eigenvalue weighted by atomic mass is 10.4. The number of nitriles is 1. The van der Waals surface area contributed by atoms with Gasteiger partial charge in [-0.2, -0.15) is 10.4 Å². The van der Waals surface area contributed by atoms with Crippen molar-refractivity contribution in [2.24, 2.45) is 0 Å². The molecule has 2 rings (SSSR count). The molecule has 2 aromatic heterocycles. The molecule has 0 radical (unpaired) electrons. The Bertz CT molecular complexity index is 498. The van der Waals surface area contributed by atoms with E-state index in [1.807, 2.05) is 6.07 Å². The van der Waals surface area contributed by atoms with Gasteiger partial charge in [0.05, 0.1) is 0 Å². The number of halogens is 1. The summed E-state index contributed by atoms with van der Waals surface area (Å²) in [6.45, 7) is 0. The molecule has 6 heteroatoms. The minimum atomic E-state index is 0.321. The summed E-state index contributed by atoms with van der Waals surface area (Å²) >= 11 is 3.22. The summed E-state index contributed by atoms with van der Waals surface area (Å²) in [5.41, 5.74) is 0.321. The van der Waals surface area contributed by atoms with Gasteiger partial charge in [0.15, 0.2) is 5.82 Å². The molecule has 0 amide bonds. The zero-order valence-corrected chi connectivity index (χ0v) is 8.51. The summed E-state index contributed by atoms with van der Waals surface area (Å²) in [5.74, 6) is 0.572. The molecule has 68 valence electrons. The van der Waals surface area contributed by atoms with Gasteiger partial charge in [-0.05, 0) is 22.0 Å². The fraction of sp³-hybridized carbons (Fsp3) is 0. The van der Waals surface area contributed by atoms with Crippen molar-refractivity contribution in [3.8, 4) is 11.9 Å². The molecular weight excluding hydrogens is 246 g/mol. The van der Waals surface area contributed by atoms with Crippen LogP contribution < -0.4 is 0 Å². The molecule has 0 unspecified atom stereocenters. The highest BCUT2D eigenvalue weighted by atomic mass is 79.9. The molecule has 0 aromatic carbocycles. The minimum Gasteiger partial charge on any atom is -0.225 e. The maximum Gasteiger partial charge on any atom is 0.158 e. The van der Waals surface area contributed by atoms with Crippen LogP contribution in [0.15, 0.2) is 29.3 Å². The zero-order chi connectivity index (χ0) is 9.97. The predicted octanol–water partition coefficient (Wildman–Crippen LogP) is 1.30. The number of rotatable bonds is 1. The molecule has 0 saturated carbocycles. The van der Waals surface area contributed by atoms with Crippen molar-refractivity contribution < 1.29 is 0 Å². The van der Waals surface area contributed by atoms with Crippen molar-refractivity contribution in [1.29, 1.82) is 5.26 Å². The van der Waals surface area contributed by atoms with Gasteiger partial charge in [-0.25, -0.2) is 14.6 Å². The van der Waals surface area contributed by atoms with Crippen LogP contribution in [-0.2, 0) is 0 Å². The first-order valence-electron chi connectivity index (χ1n) is 3.73. The van der Waals surface area contributed by atoms with Crippen LogP contribution in [0, 0.1) is 11.3 Å². The molecular formula is C8H4BrN5. The molecule has 14 heavy (non-hydrogen) atoms. The Morgan fingerprint density at radius 1 is 1.43 bits per heavy atom. The van der Waals surface area contributed by atoms with Crippen molar-refractivity contribution in [3.05, 3.63) is 35.0 Å². The first kappa shape index (κ1) is 8.84. The van der Waals surface area contributed by atoms with Crippen LogP contribution in [0.2, 0.25) is 0 Å². The highest BCUT2D eigenvalue weighted by Crippen LogP contribution is 2.08. The SMILES string of the molecule is N#Cc1cc(-n2ccc(Br)n2)ncn1. The van der Waals surface area contributed by atoms with Crippen LogP contribution >= 0.6 is 15.9 Å². The molecule has 2 heterocycles. The molecule has 0 N–H and O–H groups in total. The second kappa shape index (κ2) is 3.55. The molecule has 0 aliphatic carbocycles. The van der Waals surface area contributed by atoms with E-state index in [0.29, 0.717) is 11.5 Å². The van der Waals surface area contributed by atoms with E-state index < -0.39 is 0 Å². The second-order valence-electron chi connectivity index (χ2n) is 2.46. The van der Waals surface area contributed by atoms with E-state index >= 15 is 0 Å². The Kier molecular flexibility index (Phi) is 2.24. The summed E-state index contributed by atoms with van der Waals surface area (Å²) in [4.78, 5) is 7.75. The molecule has 0 aliphatic rings. The fourth-order valence-corrected chi connectivity index (χ4v) is 1.25. The second-order valence-corrected chi connectivity index (χ2v) is 3.27. The van der Waals surface area contributed by atoms with Crippen LogP contribution in [-0.4, -0.2) is 19.7 Å². The molecule has 0 aliphatic heterocycles. The van der Waals surface area contributed by atoms with E-state index in [4.69, 9.17) is 5.26 Å². The predicted molar refractivity (Wildman–Crippen MR) is 51.6 cm³/mol. The van der Waals surface area contributed by atoms with Crippen LogP contribution in [0.4, 0.5) is 0 Å². The Morgan fingerprint density at radius 3 is 2.93 bits per heavy atom. The number of hydrogen-bond acceptors (Lipinski definition) is 4. The van der Waals surface area contributed by atoms with Crippen LogP contribution in [0.5, 0.6) is 0 Å². The van der Waals surface area contributed by atoms with E-state index in [2.05, 4.69) is 31.0 Å². The summed E-state index contributed by atoms with van der Waals surface area (Å²) in [6, 6.07) is 5.29. The van der Waals surface area contributed by atoms with E-state index in [0.717, 1.165) is 4.60 Å². The summed E-state index contributed by atoms with van der Waals surface area (Å²) in [7, 11) is 0. The van der Waals surface area contributed by atoms with Gasteiger partial charge < -0.3 is 0 Å². The van der Waals surface area contributed by atoms with Crippen LogP contribution in [0.3, 0.4) is 0 Å². The van der Waals surface area contributed by atoms with E-state index in [9.17, 15) is 0 Å². The third kappa shape index (κ3) is 1.63. The topological polar surface area (TPSA) is 67.4 Å². The lowest BCUT2D eigenvalue weighted by Gasteiger charge is -1.98. The molecule has 0 fully saturated rings. The van der Waals surface area contributed by atoms with Gasteiger partial charge in [0.1, 0.15) is 22.7 Å². The lowest BCUT2D eigenvalue weighted by Crippen LogP contribution is -1.99. The normalized spacial score (nSPS) is 9.71. The summed E-state index contributed by atoms with van der Waals surface area (Å²) in [5, 5.41) is 12.7. The van der Waals surface area contributed by atoms with Gasteiger partial charge >= 0.3 is 0 Å². The maximum atomic E-state index is 8.63. The van der Waals surface area contributed by atoms with E-state index in [1.54, 1.807) is 23.0 Å². The van der Waals surface area contributed by atoms with Crippen LogP contribution in [0.25, 0.3) is 5.82 Å². The standard InChI is InChI=1S/C8H4BrN5/c9-7-1-2-14(13-7)8-3-6(4-10)11-5-12-8/h1-3,5H. The highest BCUT2D eigenvalue weighted by molar-refractivity contribution is 9.10. The molecule has 0 saturated heterocycles. The Balaban J connectivity index is 2.47. The smallest absolute Gasteiger partial charge is 0.158 e. The molecule has 2 aromatic rings. The number of nitrogens with zero attached hydrogens (tertiary/aromatic N) is 5. The first-order chi connectivity index (χ1) is 6.79. The lowest BCUT2D eigenvalue weighted by molar-refractivity contribution is 0.830. The maximum absolute atomic E-state index is 8.63. The molecule has 0 atom stereocenters. The van der Waals surface area contributed by atoms with Gasteiger partial charge in [0.2, 0.25) is 0 Å². The van der Waals surface area contributed by atoms with Gasteiger partial charge in [-0.3, -0.25) is 0 Å². The third-order valence-electron chi connectivity index (χ3n) is 1.56. The first-order valence-corrected chi connectivity index (χ1v) is 4.52. The monoisotopic (exact) mass is 249 g/mol. The number of hydrogen-bond donors (Lipinski definition) is 0.